The number of hydrogen-bond donors (Lipinski definition) is 2. The Morgan fingerprint density at radius 2 is 1.62 bits per heavy atom. The summed E-state index contributed by atoms with van der Waals surface area (Å²) in [4.78, 5) is 28.8. The van der Waals surface area contributed by atoms with Crippen molar-refractivity contribution in [2.75, 3.05) is 11.1 Å². The molecule has 6 aromatic rings. The van der Waals surface area contributed by atoms with E-state index in [0.29, 0.717) is 22.2 Å². The van der Waals surface area contributed by atoms with Gasteiger partial charge in [0.1, 0.15) is 0 Å². The summed E-state index contributed by atoms with van der Waals surface area (Å²) < 4.78 is 2.95. The van der Waals surface area contributed by atoms with Gasteiger partial charge in [-0.05, 0) is 66.2 Å². The first-order chi connectivity index (χ1) is 20.5. The molecule has 7 nitrogen and oxygen atoms in total. The van der Waals surface area contributed by atoms with Crippen molar-refractivity contribution in [3.63, 3.8) is 0 Å². The van der Waals surface area contributed by atoms with Crippen molar-refractivity contribution in [3.05, 3.63) is 131 Å². The Bertz CT molecular complexity index is 1900. The Morgan fingerprint density at radius 1 is 0.881 bits per heavy atom. The summed E-state index contributed by atoms with van der Waals surface area (Å²) in [5, 5.41) is 13.5. The van der Waals surface area contributed by atoms with Crippen molar-refractivity contribution < 1.29 is 9.59 Å². The molecule has 9 heteroatoms. The number of thioether (sulfide) groups is 1. The number of anilines is 1. The number of aromatic nitrogens is 4. The molecule has 42 heavy (non-hydrogen) atoms. The molecule has 2 heterocycles. The van der Waals surface area contributed by atoms with Gasteiger partial charge in [-0.15, -0.1) is 10.2 Å². The standard InChI is InChI=1S/C33H24BrN5O2S/c34-24-15-10-22(11-16-24)12-19-30(40)23-13-17-25(18-14-23)36-31(41)21-42-33-38-37-32(39(33)26-6-2-1-3-7-26)28-20-35-29-9-5-4-8-27(28)29/h1-20,35H,21H2,(H,36,41)/b19-12+. The van der Waals surface area contributed by atoms with Crippen molar-refractivity contribution in [1.29, 1.82) is 0 Å². The molecule has 0 aliphatic rings. The van der Waals surface area contributed by atoms with E-state index in [0.717, 1.165) is 32.2 Å². The second-order valence-corrected chi connectivity index (χ2v) is 11.2. The Hall–Kier alpha value is -4.73. The van der Waals surface area contributed by atoms with Gasteiger partial charge in [-0.2, -0.15) is 0 Å². The number of hydrogen-bond acceptors (Lipinski definition) is 5. The number of aromatic amines is 1. The van der Waals surface area contributed by atoms with Crippen molar-refractivity contribution >= 4 is 62.0 Å². The monoisotopic (exact) mass is 633 g/mol. The van der Waals surface area contributed by atoms with Crippen LogP contribution in [0.5, 0.6) is 0 Å². The van der Waals surface area contributed by atoms with Crippen molar-refractivity contribution in [1.82, 2.24) is 19.7 Å². The predicted octanol–water partition coefficient (Wildman–Crippen LogP) is 7.81. The molecule has 0 saturated carbocycles. The highest BCUT2D eigenvalue weighted by atomic mass is 79.9. The lowest BCUT2D eigenvalue weighted by molar-refractivity contribution is -0.113. The number of nitrogens with one attached hydrogen (secondary N) is 2. The van der Waals surface area contributed by atoms with Crippen LogP contribution in [0.25, 0.3) is 34.1 Å². The van der Waals surface area contributed by atoms with Crippen molar-refractivity contribution in [3.8, 4) is 17.1 Å². The van der Waals surface area contributed by atoms with E-state index in [1.165, 1.54) is 11.8 Å². The normalized spacial score (nSPS) is 11.3. The number of allylic oxidation sites excluding steroid dienone is 1. The number of rotatable bonds is 9. The van der Waals surface area contributed by atoms with Gasteiger partial charge in [0.05, 0.1) is 5.75 Å². The molecule has 0 aliphatic heterocycles. The third-order valence-corrected chi connectivity index (χ3v) is 8.02. The molecule has 206 valence electrons. The molecule has 6 rings (SSSR count). The summed E-state index contributed by atoms with van der Waals surface area (Å²) >= 11 is 4.71. The van der Waals surface area contributed by atoms with E-state index in [1.807, 2.05) is 89.6 Å². The van der Waals surface area contributed by atoms with Gasteiger partial charge in [-0.25, -0.2) is 0 Å². The molecule has 0 spiro atoms. The molecule has 0 fully saturated rings. The van der Waals surface area contributed by atoms with Crippen molar-refractivity contribution in [2.45, 2.75) is 5.16 Å². The SMILES string of the molecule is O=C(CSc1nnc(-c2c[nH]c3ccccc23)n1-c1ccccc1)Nc1ccc(C(=O)/C=C/c2ccc(Br)cc2)cc1. The summed E-state index contributed by atoms with van der Waals surface area (Å²) in [6, 6.07) is 32.5. The van der Waals surface area contributed by atoms with Gasteiger partial charge in [-0.1, -0.05) is 82.3 Å². The number of benzene rings is 4. The van der Waals surface area contributed by atoms with Crippen LogP contribution in [-0.2, 0) is 4.79 Å². The van der Waals surface area contributed by atoms with E-state index in [-0.39, 0.29) is 17.4 Å². The molecule has 2 N–H and O–H groups in total. The largest absolute Gasteiger partial charge is 0.360 e. The summed E-state index contributed by atoms with van der Waals surface area (Å²) in [6.07, 6.45) is 5.25. The first-order valence-corrected chi connectivity index (χ1v) is 14.9. The van der Waals surface area contributed by atoms with E-state index >= 15 is 0 Å². The van der Waals surface area contributed by atoms with E-state index in [4.69, 9.17) is 0 Å². The topological polar surface area (TPSA) is 92.7 Å². The number of halogens is 1. The third-order valence-electron chi connectivity index (χ3n) is 6.56. The van der Waals surface area contributed by atoms with Crippen LogP contribution in [0.4, 0.5) is 5.69 Å². The van der Waals surface area contributed by atoms with Gasteiger partial charge >= 0.3 is 0 Å². The molecule has 0 bridgehead atoms. The molecule has 0 atom stereocenters. The van der Waals surface area contributed by atoms with Crippen LogP contribution < -0.4 is 5.32 Å². The zero-order valence-corrected chi connectivity index (χ0v) is 24.6. The predicted molar refractivity (Wildman–Crippen MR) is 172 cm³/mol. The van der Waals surface area contributed by atoms with Gasteiger partial charge in [0.15, 0.2) is 16.8 Å². The quantitative estimate of drug-likeness (QED) is 0.0962. The first-order valence-electron chi connectivity index (χ1n) is 13.1. The van der Waals surface area contributed by atoms with Crippen LogP contribution in [0, 0.1) is 0 Å². The summed E-state index contributed by atoms with van der Waals surface area (Å²) in [6.45, 7) is 0. The molecule has 0 aliphatic carbocycles. The van der Waals surface area contributed by atoms with E-state index in [9.17, 15) is 9.59 Å². The molecule has 2 aromatic heterocycles. The van der Waals surface area contributed by atoms with E-state index in [2.05, 4.69) is 36.4 Å². The average molecular weight is 635 g/mol. The zero-order valence-electron chi connectivity index (χ0n) is 22.2. The second kappa shape index (κ2) is 12.4. The molecule has 1 amide bonds. The number of ketones is 1. The number of para-hydroxylation sites is 2. The minimum Gasteiger partial charge on any atom is -0.360 e. The third kappa shape index (κ3) is 6.12. The van der Waals surface area contributed by atoms with Crippen LogP contribution in [-0.4, -0.2) is 37.2 Å². The fourth-order valence-corrected chi connectivity index (χ4v) is 5.51. The molecular formula is C33H24BrN5O2S. The van der Waals surface area contributed by atoms with Gasteiger partial charge in [0.2, 0.25) is 5.91 Å². The summed E-state index contributed by atoms with van der Waals surface area (Å²) in [7, 11) is 0. The van der Waals surface area contributed by atoms with E-state index in [1.54, 1.807) is 36.4 Å². The molecule has 0 unspecified atom stereocenters. The van der Waals surface area contributed by atoms with Crippen LogP contribution in [0.2, 0.25) is 0 Å². The Balaban J connectivity index is 1.14. The lowest BCUT2D eigenvalue weighted by Gasteiger charge is -2.10. The van der Waals surface area contributed by atoms with Crippen LogP contribution in [0.3, 0.4) is 0 Å². The molecule has 4 aromatic carbocycles. The number of carbonyl (C=O) groups excluding carboxylic acids is 2. The maximum atomic E-state index is 12.9. The molecular weight excluding hydrogens is 610 g/mol. The van der Waals surface area contributed by atoms with Crippen LogP contribution in [0.15, 0.2) is 125 Å². The number of fused-ring (bicyclic) bond motifs is 1. The lowest BCUT2D eigenvalue weighted by atomic mass is 10.1. The minimum absolute atomic E-state index is 0.113. The van der Waals surface area contributed by atoms with Gasteiger partial charge < -0.3 is 10.3 Å². The average Bonchev–Trinajstić information content (AvgIpc) is 3.64. The number of nitrogens with zero attached hydrogens (tertiary/aromatic N) is 3. The Labute approximate surface area is 254 Å². The number of amides is 1. The van der Waals surface area contributed by atoms with Gasteiger partial charge in [-0.3, -0.25) is 14.2 Å². The minimum atomic E-state index is -0.189. The highest BCUT2D eigenvalue weighted by molar-refractivity contribution is 9.10. The van der Waals surface area contributed by atoms with E-state index < -0.39 is 0 Å². The van der Waals surface area contributed by atoms with Gasteiger partial charge in [0.25, 0.3) is 0 Å². The zero-order chi connectivity index (χ0) is 28.9. The Kier molecular flexibility index (Phi) is 8.12. The number of carbonyl (C=O) groups is 2. The van der Waals surface area contributed by atoms with Crippen LogP contribution >= 0.6 is 27.7 Å². The maximum absolute atomic E-state index is 12.9. The van der Waals surface area contributed by atoms with Crippen molar-refractivity contribution in [2.24, 2.45) is 0 Å². The Morgan fingerprint density at radius 3 is 2.40 bits per heavy atom. The van der Waals surface area contributed by atoms with Gasteiger partial charge in [0, 0.05) is 44.1 Å². The molecule has 0 saturated heterocycles. The highest BCUT2D eigenvalue weighted by Crippen LogP contribution is 2.32. The summed E-state index contributed by atoms with van der Waals surface area (Å²) in [5.41, 5.74) is 4.93. The lowest BCUT2D eigenvalue weighted by Crippen LogP contribution is -2.14. The van der Waals surface area contributed by atoms with Crippen LogP contribution in [0.1, 0.15) is 15.9 Å². The summed E-state index contributed by atoms with van der Waals surface area (Å²) in [5.74, 6) is 0.522. The first kappa shape index (κ1) is 27.4. The fourth-order valence-electron chi connectivity index (χ4n) is 4.49. The smallest absolute Gasteiger partial charge is 0.234 e. The highest BCUT2D eigenvalue weighted by Gasteiger charge is 2.19. The maximum Gasteiger partial charge on any atom is 0.234 e. The second-order valence-electron chi connectivity index (χ2n) is 9.39. The fraction of sp³-hybridized carbons (Fsp3) is 0.0303. The number of H-pyrrole nitrogens is 1. The molecule has 0 radical (unpaired) electrons.